The highest BCUT2D eigenvalue weighted by atomic mass is 35.5. The van der Waals surface area contributed by atoms with E-state index in [2.05, 4.69) is 0 Å². The van der Waals surface area contributed by atoms with E-state index >= 15 is 0 Å². The molecule has 35 heavy (non-hydrogen) atoms. The summed E-state index contributed by atoms with van der Waals surface area (Å²) in [6.07, 6.45) is 1.68. The molecule has 0 unspecified atom stereocenters. The van der Waals surface area contributed by atoms with Crippen LogP contribution in [0.2, 0.25) is 5.02 Å². The molecule has 8 heteroatoms. The van der Waals surface area contributed by atoms with E-state index in [4.69, 9.17) is 33.0 Å². The number of rotatable bonds is 5. The first kappa shape index (κ1) is 23.4. The van der Waals surface area contributed by atoms with E-state index in [0.717, 1.165) is 16.5 Å². The molecule has 1 aliphatic rings. The molecule has 0 spiro atoms. The summed E-state index contributed by atoms with van der Waals surface area (Å²) in [4.78, 5) is 27.5. The molecule has 4 aromatic rings. The molecule has 0 aliphatic carbocycles. The Bertz CT molecular complexity index is 1520. The molecule has 5 nitrogen and oxygen atoms in total. The van der Waals surface area contributed by atoms with Crippen molar-refractivity contribution in [1.29, 1.82) is 0 Å². The third-order valence-electron chi connectivity index (χ3n) is 5.45. The average Bonchev–Trinajstić information content (AvgIpc) is 3.43. The molecule has 0 radical (unpaired) electrons. The van der Waals surface area contributed by atoms with Crippen LogP contribution in [0.5, 0.6) is 0 Å². The topological polar surface area (TPSA) is 59.8 Å². The van der Waals surface area contributed by atoms with Gasteiger partial charge in [0.25, 0.3) is 5.91 Å². The summed E-state index contributed by atoms with van der Waals surface area (Å²) in [7, 11) is 0. The molecule has 0 N–H and O–H groups in total. The highest BCUT2D eigenvalue weighted by Gasteiger charge is 2.34. The first-order chi connectivity index (χ1) is 17.0. The van der Waals surface area contributed by atoms with Crippen molar-refractivity contribution in [3.63, 3.8) is 0 Å². The lowest BCUT2D eigenvalue weighted by molar-refractivity contribution is -0.113. The molecule has 1 aliphatic heterocycles. The van der Waals surface area contributed by atoms with Gasteiger partial charge < -0.3 is 9.15 Å². The second-order valence-electron chi connectivity index (χ2n) is 7.63. The minimum absolute atomic E-state index is 0.203. The first-order valence-corrected chi connectivity index (χ1v) is 12.4. The minimum Gasteiger partial charge on any atom is -0.462 e. The number of halogens is 1. The van der Waals surface area contributed by atoms with Crippen LogP contribution in [0.1, 0.15) is 23.0 Å². The molecule has 5 rings (SSSR count). The summed E-state index contributed by atoms with van der Waals surface area (Å²) < 4.78 is 11.5. The van der Waals surface area contributed by atoms with Crippen LogP contribution in [0, 0.1) is 0 Å². The number of hydrogen-bond acceptors (Lipinski definition) is 6. The Kier molecular flexibility index (Phi) is 6.47. The molecule has 2 heterocycles. The van der Waals surface area contributed by atoms with Crippen molar-refractivity contribution < 1.29 is 18.7 Å². The zero-order chi connectivity index (χ0) is 24.5. The Morgan fingerprint density at radius 1 is 1.11 bits per heavy atom. The van der Waals surface area contributed by atoms with Gasteiger partial charge in [0.15, 0.2) is 4.32 Å². The maximum Gasteiger partial charge on any atom is 0.339 e. The fourth-order valence-corrected chi connectivity index (χ4v) is 5.30. The number of thiocarbonyl (C=S) groups is 1. The standard InChI is InChI=1S/C27H18ClNO4S2/c1-2-32-26(31)20-14-17(10-12-21(20)28)23-13-11-18(33-23)15-24-25(30)29(27(34)35-24)22-9-5-7-16-6-3-4-8-19(16)22/h3-15H,2H2,1H3/b24-15-. The second-order valence-corrected chi connectivity index (χ2v) is 9.72. The SMILES string of the molecule is CCOC(=O)c1cc(-c2ccc(/C=C3\SC(=S)N(c4cccc5ccccc45)C3=O)o2)ccc1Cl. The van der Waals surface area contributed by atoms with Crippen LogP contribution in [0.25, 0.3) is 28.2 Å². The molecule has 0 bridgehead atoms. The maximum absolute atomic E-state index is 13.3. The molecule has 1 fully saturated rings. The van der Waals surface area contributed by atoms with Gasteiger partial charge in [0, 0.05) is 17.0 Å². The number of carbonyl (C=O) groups is 2. The highest BCUT2D eigenvalue weighted by molar-refractivity contribution is 8.27. The van der Waals surface area contributed by atoms with Crippen LogP contribution in [-0.4, -0.2) is 22.8 Å². The lowest BCUT2D eigenvalue weighted by Gasteiger charge is -2.17. The first-order valence-electron chi connectivity index (χ1n) is 10.8. The normalized spacial score (nSPS) is 14.8. The van der Waals surface area contributed by atoms with Gasteiger partial charge >= 0.3 is 5.97 Å². The van der Waals surface area contributed by atoms with Gasteiger partial charge in [0.2, 0.25) is 0 Å². The third kappa shape index (κ3) is 4.50. The lowest BCUT2D eigenvalue weighted by atomic mass is 10.1. The third-order valence-corrected chi connectivity index (χ3v) is 7.08. The van der Waals surface area contributed by atoms with E-state index in [1.807, 2.05) is 42.5 Å². The summed E-state index contributed by atoms with van der Waals surface area (Å²) >= 11 is 12.9. The molecule has 1 saturated heterocycles. The van der Waals surface area contributed by atoms with Gasteiger partial charge in [0.1, 0.15) is 11.5 Å². The molecule has 174 valence electrons. The Labute approximate surface area is 216 Å². The van der Waals surface area contributed by atoms with Crippen LogP contribution >= 0.6 is 35.6 Å². The maximum atomic E-state index is 13.3. The summed E-state index contributed by atoms with van der Waals surface area (Å²) in [6.45, 7) is 1.98. The number of fused-ring (bicyclic) bond motifs is 1. The number of hydrogen-bond donors (Lipinski definition) is 0. The van der Waals surface area contributed by atoms with E-state index in [-0.39, 0.29) is 18.1 Å². The molecule has 1 amide bonds. The smallest absolute Gasteiger partial charge is 0.339 e. The predicted octanol–water partition coefficient (Wildman–Crippen LogP) is 7.34. The average molecular weight is 520 g/mol. The van der Waals surface area contributed by atoms with Crippen molar-refractivity contribution in [1.82, 2.24) is 0 Å². The molecule has 0 atom stereocenters. The number of anilines is 1. The van der Waals surface area contributed by atoms with E-state index in [1.54, 1.807) is 48.2 Å². The van der Waals surface area contributed by atoms with E-state index in [0.29, 0.717) is 31.3 Å². The van der Waals surface area contributed by atoms with Crippen molar-refractivity contribution in [2.75, 3.05) is 11.5 Å². The van der Waals surface area contributed by atoms with Crippen molar-refractivity contribution in [2.45, 2.75) is 6.92 Å². The van der Waals surface area contributed by atoms with Gasteiger partial charge in [-0.3, -0.25) is 9.69 Å². The Morgan fingerprint density at radius 3 is 2.74 bits per heavy atom. The van der Waals surface area contributed by atoms with E-state index in [9.17, 15) is 9.59 Å². The number of furan rings is 1. The van der Waals surface area contributed by atoms with E-state index in [1.165, 1.54) is 11.8 Å². The molecule has 0 saturated carbocycles. The molecular weight excluding hydrogens is 502 g/mol. The Hall–Kier alpha value is -3.39. The number of thioether (sulfide) groups is 1. The fourth-order valence-electron chi connectivity index (χ4n) is 3.84. The van der Waals surface area contributed by atoms with Crippen LogP contribution in [0.15, 0.2) is 82.1 Å². The highest BCUT2D eigenvalue weighted by Crippen LogP contribution is 2.39. The van der Waals surface area contributed by atoms with Crippen LogP contribution < -0.4 is 4.90 Å². The van der Waals surface area contributed by atoms with Crippen LogP contribution in [-0.2, 0) is 9.53 Å². The molecular formula is C27H18ClNO4S2. The number of esters is 1. The Balaban J connectivity index is 1.44. The summed E-state index contributed by atoms with van der Waals surface area (Å²) in [6, 6.07) is 22.2. The molecule has 3 aromatic carbocycles. The predicted molar refractivity (Wildman–Crippen MR) is 145 cm³/mol. The van der Waals surface area contributed by atoms with Gasteiger partial charge in [0.05, 0.1) is 27.8 Å². The van der Waals surface area contributed by atoms with Gasteiger partial charge in [-0.05, 0) is 48.7 Å². The largest absolute Gasteiger partial charge is 0.462 e. The van der Waals surface area contributed by atoms with Crippen molar-refractivity contribution >= 4 is 74.3 Å². The monoisotopic (exact) mass is 519 g/mol. The number of amides is 1. The zero-order valence-corrected chi connectivity index (χ0v) is 20.9. The number of benzene rings is 3. The lowest BCUT2D eigenvalue weighted by Crippen LogP contribution is -2.27. The Morgan fingerprint density at radius 2 is 1.91 bits per heavy atom. The summed E-state index contributed by atoms with van der Waals surface area (Å²) in [5.74, 6) is 0.322. The minimum atomic E-state index is -0.497. The number of nitrogens with zero attached hydrogens (tertiary/aromatic N) is 1. The molecule has 1 aromatic heterocycles. The number of carbonyl (C=O) groups excluding carboxylic acids is 2. The number of ether oxygens (including phenoxy) is 1. The van der Waals surface area contributed by atoms with Gasteiger partial charge in [-0.1, -0.05) is 72.0 Å². The zero-order valence-electron chi connectivity index (χ0n) is 18.5. The van der Waals surface area contributed by atoms with E-state index < -0.39 is 5.97 Å². The van der Waals surface area contributed by atoms with Crippen molar-refractivity contribution in [3.8, 4) is 11.3 Å². The summed E-state index contributed by atoms with van der Waals surface area (Å²) in [5.41, 5.74) is 1.68. The second kappa shape index (κ2) is 9.70. The van der Waals surface area contributed by atoms with Crippen LogP contribution in [0.3, 0.4) is 0 Å². The van der Waals surface area contributed by atoms with Gasteiger partial charge in [-0.15, -0.1) is 0 Å². The van der Waals surface area contributed by atoms with Crippen molar-refractivity contribution in [3.05, 3.63) is 94.0 Å². The van der Waals surface area contributed by atoms with Gasteiger partial charge in [-0.2, -0.15) is 0 Å². The quantitative estimate of drug-likeness (QED) is 0.156. The van der Waals surface area contributed by atoms with Gasteiger partial charge in [-0.25, -0.2) is 4.79 Å². The summed E-state index contributed by atoms with van der Waals surface area (Å²) in [5, 5.41) is 2.29. The van der Waals surface area contributed by atoms with Crippen molar-refractivity contribution in [2.24, 2.45) is 0 Å². The van der Waals surface area contributed by atoms with Crippen LogP contribution in [0.4, 0.5) is 5.69 Å². The fraction of sp³-hybridized carbons (Fsp3) is 0.0741.